The van der Waals surface area contributed by atoms with Gasteiger partial charge in [0.15, 0.2) is 0 Å². The lowest BCUT2D eigenvalue weighted by atomic mass is 10.2. The van der Waals surface area contributed by atoms with E-state index < -0.39 is 0 Å². The standard InChI is InChI=1S/C12H17Cl2N3O/c1-8(2)17(3)7-6-15-12(18)9-4-5-10(13)16-11(9)14/h4-5,8H,6-7H2,1-3H3,(H,15,18). The molecule has 6 heteroatoms. The summed E-state index contributed by atoms with van der Waals surface area (Å²) in [6.45, 7) is 5.54. The molecule has 1 rings (SSSR count). The zero-order valence-electron chi connectivity index (χ0n) is 10.7. The van der Waals surface area contributed by atoms with Crippen LogP contribution in [-0.2, 0) is 0 Å². The molecule has 0 saturated heterocycles. The number of halogens is 2. The maximum absolute atomic E-state index is 11.8. The van der Waals surface area contributed by atoms with Gasteiger partial charge in [-0.15, -0.1) is 0 Å². The third kappa shape index (κ3) is 4.44. The van der Waals surface area contributed by atoms with Crippen LogP contribution in [0.25, 0.3) is 0 Å². The number of amides is 1. The van der Waals surface area contributed by atoms with Gasteiger partial charge in [0.2, 0.25) is 0 Å². The summed E-state index contributed by atoms with van der Waals surface area (Å²) in [5.74, 6) is -0.235. The maximum Gasteiger partial charge on any atom is 0.254 e. The molecule has 1 aromatic rings. The van der Waals surface area contributed by atoms with Crippen LogP contribution in [0.5, 0.6) is 0 Å². The van der Waals surface area contributed by atoms with Crippen LogP contribution in [0.15, 0.2) is 12.1 Å². The Morgan fingerprint density at radius 1 is 1.44 bits per heavy atom. The molecule has 0 saturated carbocycles. The van der Waals surface area contributed by atoms with Crippen molar-refractivity contribution in [1.82, 2.24) is 15.2 Å². The van der Waals surface area contributed by atoms with Crippen LogP contribution in [0, 0.1) is 0 Å². The van der Waals surface area contributed by atoms with Gasteiger partial charge in [-0.05, 0) is 33.0 Å². The van der Waals surface area contributed by atoms with E-state index in [-0.39, 0.29) is 16.2 Å². The van der Waals surface area contributed by atoms with Gasteiger partial charge in [-0.25, -0.2) is 4.98 Å². The molecule has 1 aromatic heterocycles. The summed E-state index contributed by atoms with van der Waals surface area (Å²) >= 11 is 11.5. The van der Waals surface area contributed by atoms with Crippen LogP contribution < -0.4 is 5.32 Å². The number of nitrogens with zero attached hydrogens (tertiary/aromatic N) is 2. The van der Waals surface area contributed by atoms with Crippen LogP contribution in [0.1, 0.15) is 24.2 Å². The number of carbonyl (C=O) groups is 1. The van der Waals surface area contributed by atoms with Gasteiger partial charge >= 0.3 is 0 Å². The molecular formula is C12H17Cl2N3O. The fraction of sp³-hybridized carbons (Fsp3) is 0.500. The molecular weight excluding hydrogens is 273 g/mol. The third-order valence-corrected chi connectivity index (χ3v) is 3.19. The first-order valence-electron chi connectivity index (χ1n) is 5.72. The van der Waals surface area contributed by atoms with Crippen LogP contribution in [0.3, 0.4) is 0 Å². The van der Waals surface area contributed by atoms with E-state index in [1.807, 2.05) is 7.05 Å². The van der Waals surface area contributed by atoms with E-state index in [1.165, 1.54) is 0 Å². The first-order valence-corrected chi connectivity index (χ1v) is 6.48. The Labute approximate surface area is 117 Å². The second-order valence-electron chi connectivity index (χ2n) is 4.30. The van der Waals surface area contributed by atoms with Crippen LogP contribution >= 0.6 is 23.2 Å². The predicted octanol–water partition coefficient (Wildman–Crippen LogP) is 2.46. The second-order valence-corrected chi connectivity index (χ2v) is 5.05. The van der Waals surface area contributed by atoms with Crippen molar-refractivity contribution >= 4 is 29.1 Å². The molecule has 0 fully saturated rings. The number of hydrogen-bond donors (Lipinski definition) is 1. The number of nitrogens with one attached hydrogen (secondary N) is 1. The van der Waals surface area contributed by atoms with Crippen LogP contribution in [0.4, 0.5) is 0 Å². The van der Waals surface area contributed by atoms with E-state index in [4.69, 9.17) is 23.2 Å². The smallest absolute Gasteiger partial charge is 0.254 e. The van der Waals surface area contributed by atoms with Crippen molar-refractivity contribution < 1.29 is 4.79 Å². The minimum Gasteiger partial charge on any atom is -0.351 e. The lowest BCUT2D eigenvalue weighted by molar-refractivity contribution is 0.0948. The number of hydrogen-bond acceptors (Lipinski definition) is 3. The van der Waals surface area contributed by atoms with Gasteiger partial charge in [0.1, 0.15) is 10.3 Å². The van der Waals surface area contributed by atoms with Gasteiger partial charge in [-0.2, -0.15) is 0 Å². The number of rotatable bonds is 5. The van der Waals surface area contributed by atoms with E-state index in [2.05, 4.69) is 29.0 Å². The lowest BCUT2D eigenvalue weighted by Gasteiger charge is -2.20. The van der Waals surface area contributed by atoms with E-state index >= 15 is 0 Å². The molecule has 0 radical (unpaired) electrons. The molecule has 0 unspecified atom stereocenters. The van der Waals surface area contributed by atoms with Crippen LogP contribution in [-0.4, -0.2) is 42.0 Å². The van der Waals surface area contributed by atoms with Crippen molar-refractivity contribution in [3.8, 4) is 0 Å². The molecule has 0 bridgehead atoms. The Morgan fingerprint density at radius 3 is 2.67 bits per heavy atom. The molecule has 4 nitrogen and oxygen atoms in total. The number of likely N-dealkylation sites (N-methyl/N-ethyl adjacent to an activating group) is 1. The quantitative estimate of drug-likeness (QED) is 0.847. The molecule has 1 heterocycles. The van der Waals surface area contributed by atoms with E-state index in [9.17, 15) is 4.79 Å². The van der Waals surface area contributed by atoms with Crippen molar-refractivity contribution in [2.45, 2.75) is 19.9 Å². The molecule has 100 valence electrons. The molecule has 0 aliphatic rings. The van der Waals surface area contributed by atoms with Gasteiger partial charge in [-0.3, -0.25) is 4.79 Å². The average molecular weight is 290 g/mol. The Bertz CT molecular complexity index is 424. The molecule has 0 spiro atoms. The van der Waals surface area contributed by atoms with Gasteiger partial charge in [-0.1, -0.05) is 23.2 Å². The predicted molar refractivity (Wildman–Crippen MR) is 74.4 cm³/mol. The largest absolute Gasteiger partial charge is 0.351 e. The highest BCUT2D eigenvalue weighted by atomic mass is 35.5. The average Bonchev–Trinajstić information content (AvgIpc) is 2.28. The van der Waals surface area contributed by atoms with Crippen molar-refractivity contribution in [3.05, 3.63) is 28.0 Å². The summed E-state index contributed by atoms with van der Waals surface area (Å²) in [5.41, 5.74) is 0.341. The highest BCUT2D eigenvalue weighted by Crippen LogP contribution is 2.16. The summed E-state index contributed by atoms with van der Waals surface area (Å²) in [5, 5.41) is 3.19. The highest BCUT2D eigenvalue weighted by molar-refractivity contribution is 6.34. The van der Waals surface area contributed by atoms with Gasteiger partial charge < -0.3 is 10.2 Å². The fourth-order valence-corrected chi connectivity index (χ4v) is 1.71. The van der Waals surface area contributed by atoms with Crippen molar-refractivity contribution in [1.29, 1.82) is 0 Å². The van der Waals surface area contributed by atoms with E-state index in [1.54, 1.807) is 12.1 Å². The highest BCUT2D eigenvalue weighted by Gasteiger charge is 2.11. The zero-order valence-corrected chi connectivity index (χ0v) is 12.2. The minimum absolute atomic E-state index is 0.122. The maximum atomic E-state index is 11.8. The van der Waals surface area contributed by atoms with Crippen molar-refractivity contribution in [3.63, 3.8) is 0 Å². The summed E-state index contributed by atoms with van der Waals surface area (Å²) in [6, 6.07) is 3.56. The fourth-order valence-electron chi connectivity index (χ4n) is 1.28. The third-order valence-electron chi connectivity index (χ3n) is 2.69. The minimum atomic E-state index is -0.235. The summed E-state index contributed by atoms with van der Waals surface area (Å²) < 4.78 is 0. The van der Waals surface area contributed by atoms with Crippen molar-refractivity contribution in [2.75, 3.05) is 20.1 Å². The van der Waals surface area contributed by atoms with Crippen LogP contribution in [0.2, 0.25) is 10.3 Å². The SMILES string of the molecule is CC(C)N(C)CCNC(=O)c1ccc(Cl)nc1Cl. The molecule has 0 aliphatic carbocycles. The first-order chi connectivity index (χ1) is 8.41. The zero-order chi connectivity index (χ0) is 13.7. The number of pyridine rings is 1. The first kappa shape index (κ1) is 15.2. The summed E-state index contributed by atoms with van der Waals surface area (Å²) in [6.07, 6.45) is 0. The molecule has 1 amide bonds. The Hall–Kier alpha value is -0.840. The monoisotopic (exact) mass is 289 g/mol. The Balaban J connectivity index is 2.51. The molecule has 0 atom stereocenters. The summed E-state index contributed by atoms with van der Waals surface area (Å²) in [4.78, 5) is 17.8. The van der Waals surface area contributed by atoms with Gasteiger partial charge in [0, 0.05) is 19.1 Å². The molecule has 1 N–H and O–H groups in total. The van der Waals surface area contributed by atoms with E-state index in [0.717, 1.165) is 6.54 Å². The Morgan fingerprint density at radius 2 is 2.11 bits per heavy atom. The topological polar surface area (TPSA) is 45.2 Å². The van der Waals surface area contributed by atoms with Gasteiger partial charge in [0.05, 0.1) is 5.56 Å². The van der Waals surface area contributed by atoms with E-state index in [0.29, 0.717) is 18.2 Å². The van der Waals surface area contributed by atoms with Crippen molar-refractivity contribution in [2.24, 2.45) is 0 Å². The summed E-state index contributed by atoms with van der Waals surface area (Å²) in [7, 11) is 2.01. The molecule has 0 aliphatic heterocycles. The lowest BCUT2D eigenvalue weighted by Crippen LogP contribution is -2.36. The Kier molecular flexibility index (Phi) is 5.85. The normalized spacial score (nSPS) is 11.1. The molecule has 18 heavy (non-hydrogen) atoms. The number of carbonyl (C=O) groups excluding carboxylic acids is 1. The second kappa shape index (κ2) is 6.92. The van der Waals surface area contributed by atoms with Gasteiger partial charge in [0.25, 0.3) is 5.91 Å². The number of aromatic nitrogens is 1. The molecule has 0 aromatic carbocycles.